The molecule has 2 nitrogen and oxygen atoms in total. The topological polar surface area (TPSA) is 26.3 Å². The van der Waals surface area contributed by atoms with E-state index in [1.807, 2.05) is 18.2 Å². The molecule has 0 amide bonds. The summed E-state index contributed by atoms with van der Waals surface area (Å²) >= 11 is 0. The lowest BCUT2D eigenvalue weighted by Gasteiger charge is -2.30. The van der Waals surface area contributed by atoms with Crippen LogP contribution < -0.4 is 4.74 Å². The Morgan fingerprint density at radius 3 is 2.52 bits per heavy atom. The molecule has 1 unspecified atom stereocenters. The van der Waals surface area contributed by atoms with Crippen LogP contribution in [0.5, 0.6) is 5.75 Å². The smallest absolute Gasteiger partial charge is 0.174 e. The predicted molar refractivity (Wildman–Crippen MR) is 116 cm³/mol. The van der Waals surface area contributed by atoms with E-state index in [0.29, 0.717) is 12.8 Å². The lowest BCUT2D eigenvalue weighted by atomic mass is 9.71. The number of methoxy groups -OCH3 is 1. The molecule has 2 heteroatoms. The zero-order chi connectivity index (χ0) is 20.0. The van der Waals surface area contributed by atoms with Crippen molar-refractivity contribution in [3.05, 3.63) is 106 Å². The van der Waals surface area contributed by atoms with Crippen molar-refractivity contribution in [2.24, 2.45) is 5.41 Å². The largest absolute Gasteiger partial charge is 0.496 e. The molecule has 0 bridgehead atoms. The molecule has 0 radical (unpaired) electrons. The van der Waals surface area contributed by atoms with Gasteiger partial charge in [-0.25, -0.2) is 0 Å². The summed E-state index contributed by atoms with van der Waals surface area (Å²) in [6, 6.07) is 22.9. The molecule has 0 saturated heterocycles. The number of hydrogen-bond donors (Lipinski definition) is 0. The second kappa shape index (κ2) is 6.73. The molecule has 0 spiro atoms. The average molecular weight is 380 g/mol. The number of Topliss-reactive ketones (excluding diaryl/α,β-unsaturated/α-hetero) is 1. The molecule has 0 aliphatic heterocycles. The molecule has 1 atom stereocenters. The summed E-state index contributed by atoms with van der Waals surface area (Å²) in [7, 11) is 1.69. The van der Waals surface area contributed by atoms with Crippen molar-refractivity contribution in [2.75, 3.05) is 7.11 Å². The van der Waals surface area contributed by atoms with E-state index >= 15 is 0 Å². The van der Waals surface area contributed by atoms with Crippen LogP contribution in [0.4, 0.5) is 0 Å². The Bertz CT molecular complexity index is 1140. The highest BCUT2D eigenvalue weighted by Gasteiger charge is 2.49. The number of benzene rings is 3. The van der Waals surface area contributed by atoms with Crippen molar-refractivity contribution in [1.29, 1.82) is 0 Å². The highest BCUT2D eigenvalue weighted by molar-refractivity contribution is 6.08. The van der Waals surface area contributed by atoms with Gasteiger partial charge < -0.3 is 4.74 Å². The van der Waals surface area contributed by atoms with Crippen LogP contribution in [0.15, 0.2) is 72.3 Å². The highest BCUT2D eigenvalue weighted by Crippen LogP contribution is 2.50. The zero-order valence-electron chi connectivity index (χ0n) is 16.9. The summed E-state index contributed by atoms with van der Waals surface area (Å²) in [6.45, 7) is 2.09. The molecule has 0 fully saturated rings. The number of fused-ring (bicyclic) bond motifs is 2. The van der Waals surface area contributed by atoms with Gasteiger partial charge in [-0.2, -0.15) is 0 Å². The van der Waals surface area contributed by atoms with E-state index in [0.717, 1.165) is 23.3 Å². The first-order chi connectivity index (χ1) is 14.1. The van der Waals surface area contributed by atoms with Crippen LogP contribution in [0.25, 0.3) is 6.08 Å². The van der Waals surface area contributed by atoms with E-state index < -0.39 is 5.41 Å². The Morgan fingerprint density at radius 2 is 1.76 bits per heavy atom. The third-order valence-corrected chi connectivity index (χ3v) is 6.52. The van der Waals surface area contributed by atoms with Gasteiger partial charge in [-0.1, -0.05) is 77.9 Å². The van der Waals surface area contributed by atoms with Crippen molar-refractivity contribution in [1.82, 2.24) is 0 Å². The van der Waals surface area contributed by atoms with Gasteiger partial charge in [0.25, 0.3) is 0 Å². The monoisotopic (exact) mass is 380 g/mol. The number of ether oxygens (including phenoxy) is 1. The first-order valence-corrected chi connectivity index (χ1v) is 10.2. The molecular weight excluding hydrogens is 356 g/mol. The van der Waals surface area contributed by atoms with Gasteiger partial charge in [-0.3, -0.25) is 4.79 Å². The third-order valence-electron chi connectivity index (χ3n) is 6.52. The molecule has 2 aliphatic carbocycles. The number of hydrogen-bond acceptors (Lipinski definition) is 2. The lowest BCUT2D eigenvalue weighted by molar-refractivity contribution is 0.0861. The van der Waals surface area contributed by atoms with E-state index in [1.54, 1.807) is 7.11 Å². The minimum atomic E-state index is -0.550. The minimum absolute atomic E-state index is 0.228. The van der Waals surface area contributed by atoms with E-state index in [1.165, 1.54) is 27.8 Å². The summed E-state index contributed by atoms with van der Waals surface area (Å²) in [5.41, 5.74) is 7.51. The quantitative estimate of drug-likeness (QED) is 0.588. The maximum Gasteiger partial charge on any atom is 0.174 e. The molecule has 0 heterocycles. The number of rotatable bonds is 4. The summed E-state index contributed by atoms with van der Waals surface area (Å²) in [5.74, 6) is 1.05. The van der Waals surface area contributed by atoms with Gasteiger partial charge >= 0.3 is 0 Å². The van der Waals surface area contributed by atoms with Crippen molar-refractivity contribution >= 4 is 11.9 Å². The molecule has 3 aromatic carbocycles. The first-order valence-electron chi connectivity index (χ1n) is 10.2. The maximum absolute atomic E-state index is 13.9. The number of allylic oxidation sites excluding steroid dienone is 1. The fraction of sp³-hybridized carbons (Fsp3) is 0.222. The Balaban J connectivity index is 1.64. The standard InChI is InChI=1S/C27H24O2/c1-18-10-12-19(13-11-18)16-27(22-14-20-6-3-4-7-21(20)15-22)17-24-23(26(27)28)8-5-9-25(24)29-2/h3-14H,15-17H2,1-2H3. The van der Waals surface area contributed by atoms with Gasteiger partial charge in [0.15, 0.2) is 5.78 Å². The molecule has 2 aliphatic rings. The third kappa shape index (κ3) is 2.82. The predicted octanol–water partition coefficient (Wildman–Crippen LogP) is 5.61. The average Bonchev–Trinajstić information content (AvgIpc) is 3.30. The van der Waals surface area contributed by atoms with Crippen LogP contribution in [0.3, 0.4) is 0 Å². The lowest BCUT2D eigenvalue weighted by Crippen LogP contribution is -2.33. The second-order valence-electron chi connectivity index (χ2n) is 8.28. The van der Waals surface area contributed by atoms with Crippen molar-refractivity contribution in [3.63, 3.8) is 0 Å². The number of ketones is 1. The number of aryl methyl sites for hydroxylation is 1. The Hall–Kier alpha value is -3.13. The van der Waals surface area contributed by atoms with Crippen LogP contribution >= 0.6 is 0 Å². The van der Waals surface area contributed by atoms with Gasteiger partial charge in [0, 0.05) is 11.1 Å². The Kier molecular flexibility index (Phi) is 4.16. The molecule has 29 heavy (non-hydrogen) atoms. The van der Waals surface area contributed by atoms with Crippen LogP contribution in [-0.2, 0) is 19.3 Å². The van der Waals surface area contributed by atoms with Crippen LogP contribution in [0, 0.1) is 12.3 Å². The summed E-state index contributed by atoms with van der Waals surface area (Å²) in [5, 5.41) is 0. The Morgan fingerprint density at radius 1 is 0.966 bits per heavy atom. The van der Waals surface area contributed by atoms with Crippen molar-refractivity contribution in [3.8, 4) is 5.75 Å². The van der Waals surface area contributed by atoms with Gasteiger partial charge in [0.05, 0.1) is 12.5 Å². The van der Waals surface area contributed by atoms with E-state index in [4.69, 9.17) is 4.74 Å². The minimum Gasteiger partial charge on any atom is -0.496 e. The van der Waals surface area contributed by atoms with E-state index in [9.17, 15) is 4.79 Å². The van der Waals surface area contributed by atoms with Crippen molar-refractivity contribution < 1.29 is 9.53 Å². The zero-order valence-corrected chi connectivity index (χ0v) is 16.9. The number of carbonyl (C=O) groups excluding carboxylic acids is 1. The molecule has 3 aromatic rings. The molecule has 0 aromatic heterocycles. The van der Waals surface area contributed by atoms with E-state index in [-0.39, 0.29) is 5.78 Å². The van der Waals surface area contributed by atoms with Crippen LogP contribution in [0.1, 0.15) is 38.2 Å². The first kappa shape index (κ1) is 17.9. The molecule has 144 valence electrons. The molecule has 0 saturated carbocycles. The van der Waals surface area contributed by atoms with Crippen LogP contribution in [-0.4, -0.2) is 12.9 Å². The normalized spacial score (nSPS) is 19.7. The Labute approximate surface area is 171 Å². The van der Waals surface area contributed by atoms with Crippen molar-refractivity contribution in [2.45, 2.75) is 26.2 Å². The van der Waals surface area contributed by atoms with E-state index in [2.05, 4.69) is 61.5 Å². The van der Waals surface area contributed by atoms with Gasteiger partial charge in [-0.05, 0) is 48.9 Å². The summed E-state index contributed by atoms with van der Waals surface area (Å²) in [6.07, 6.45) is 4.49. The second-order valence-corrected chi connectivity index (χ2v) is 8.28. The summed E-state index contributed by atoms with van der Waals surface area (Å²) < 4.78 is 5.62. The molecule has 5 rings (SSSR count). The molecule has 0 N–H and O–H groups in total. The fourth-order valence-electron chi connectivity index (χ4n) is 4.95. The van der Waals surface area contributed by atoms with Crippen LogP contribution in [0.2, 0.25) is 0 Å². The van der Waals surface area contributed by atoms with Gasteiger partial charge in [0.1, 0.15) is 5.75 Å². The van der Waals surface area contributed by atoms with Gasteiger partial charge in [0.2, 0.25) is 0 Å². The fourth-order valence-corrected chi connectivity index (χ4v) is 4.95. The number of carbonyl (C=O) groups is 1. The summed E-state index contributed by atoms with van der Waals surface area (Å²) in [4.78, 5) is 13.9. The van der Waals surface area contributed by atoms with Gasteiger partial charge in [-0.15, -0.1) is 0 Å². The highest BCUT2D eigenvalue weighted by atomic mass is 16.5. The maximum atomic E-state index is 13.9. The SMILES string of the molecule is COc1cccc2c1CC(Cc1ccc(C)cc1)(C1=Cc3ccccc3C1)C2=O. The molecular formula is C27H24O2.